The lowest BCUT2D eigenvalue weighted by molar-refractivity contribution is 0.575. The summed E-state index contributed by atoms with van der Waals surface area (Å²) in [6, 6.07) is 28.8. The topological polar surface area (TPSA) is 8.17 Å². The summed E-state index contributed by atoms with van der Waals surface area (Å²) in [5.74, 6) is 0.325. The summed E-state index contributed by atoms with van der Waals surface area (Å²) in [4.78, 5) is 2.48. The van der Waals surface area contributed by atoms with Gasteiger partial charge in [0.25, 0.3) is 0 Å². The average Bonchev–Trinajstić information content (AvgIpc) is 3.37. The SMILES string of the molecule is BrC1=CC2C3C(=c4c5ccccc5c(n42)=C1)N(c1ccccc1)c1ccccc13. The van der Waals surface area contributed by atoms with Crippen LogP contribution in [0.4, 0.5) is 11.4 Å². The first-order valence-electron chi connectivity index (χ1n) is 9.99. The highest BCUT2D eigenvalue weighted by atomic mass is 79.9. The third kappa shape index (κ3) is 1.91. The van der Waals surface area contributed by atoms with E-state index in [1.54, 1.807) is 0 Å². The summed E-state index contributed by atoms with van der Waals surface area (Å²) in [7, 11) is 0. The van der Waals surface area contributed by atoms with E-state index in [0.29, 0.717) is 5.92 Å². The van der Waals surface area contributed by atoms with E-state index >= 15 is 0 Å². The Morgan fingerprint density at radius 2 is 1.48 bits per heavy atom. The predicted molar refractivity (Wildman–Crippen MR) is 123 cm³/mol. The number of nitrogens with zero attached hydrogens (tertiary/aromatic N) is 2. The molecule has 0 saturated heterocycles. The van der Waals surface area contributed by atoms with Crippen LogP contribution >= 0.6 is 15.9 Å². The Hall–Kier alpha value is -3.04. The molecule has 2 unspecified atom stereocenters. The van der Waals surface area contributed by atoms with Crippen LogP contribution in [0.1, 0.15) is 17.5 Å². The van der Waals surface area contributed by atoms with Gasteiger partial charge < -0.3 is 9.47 Å². The molecule has 0 bridgehead atoms. The molecule has 0 amide bonds. The molecule has 0 N–H and O–H groups in total. The highest BCUT2D eigenvalue weighted by Gasteiger charge is 2.45. The van der Waals surface area contributed by atoms with Crippen molar-refractivity contribution >= 4 is 49.9 Å². The third-order valence-electron chi connectivity index (χ3n) is 6.51. The van der Waals surface area contributed by atoms with Gasteiger partial charge in [0.05, 0.1) is 28.4 Å². The Bertz CT molecular complexity index is 1480. The summed E-state index contributed by atoms with van der Waals surface area (Å²) in [6.07, 6.45) is 4.64. The Balaban J connectivity index is 1.70. The number of allylic oxidation sites excluding steroid dienone is 2. The summed E-state index contributed by atoms with van der Waals surface area (Å²) >= 11 is 3.80. The molecule has 0 radical (unpaired) electrons. The minimum Gasteiger partial charge on any atom is -0.331 e. The molecule has 4 aromatic rings. The van der Waals surface area contributed by atoms with Crippen molar-refractivity contribution in [2.24, 2.45) is 0 Å². The van der Waals surface area contributed by atoms with Gasteiger partial charge in [-0.05, 0) is 35.9 Å². The quantitative estimate of drug-likeness (QED) is 0.392. The number of hydrogen-bond acceptors (Lipinski definition) is 1. The number of hydrogen-bond donors (Lipinski definition) is 0. The zero-order valence-corrected chi connectivity index (χ0v) is 17.2. The van der Waals surface area contributed by atoms with Gasteiger partial charge in [-0.25, -0.2) is 0 Å². The lowest BCUT2D eigenvalue weighted by Crippen LogP contribution is -2.30. The lowest BCUT2D eigenvalue weighted by atomic mass is 9.91. The fraction of sp³-hybridized carbons (Fsp3) is 0.0769. The first-order valence-corrected chi connectivity index (χ1v) is 10.8. The second-order valence-electron chi connectivity index (χ2n) is 7.93. The van der Waals surface area contributed by atoms with Gasteiger partial charge in [0.15, 0.2) is 0 Å². The van der Waals surface area contributed by atoms with Crippen molar-refractivity contribution in [3.8, 4) is 0 Å². The van der Waals surface area contributed by atoms with E-state index in [1.807, 2.05) is 0 Å². The molecule has 138 valence electrons. The van der Waals surface area contributed by atoms with Crippen molar-refractivity contribution in [3.63, 3.8) is 0 Å². The van der Waals surface area contributed by atoms with Gasteiger partial charge in [-0.15, -0.1) is 0 Å². The van der Waals surface area contributed by atoms with Gasteiger partial charge >= 0.3 is 0 Å². The van der Waals surface area contributed by atoms with Crippen LogP contribution < -0.4 is 15.6 Å². The van der Waals surface area contributed by atoms with E-state index < -0.39 is 0 Å². The number of para-hydroxylation sites is 2. The Labute approximate surface area is 176 Å². The zero-order valence-electron chi connectivity index (χ0n) is 15.6. The van der Waals surface area contributed by atoms with Gasteiger partial charge in [0.1, 0.15) is 0 Å². The van der Waals surface area contributed by atoms with Crippen LogP contribution in [0.3, 0.4) is 0 Å². The van der Waals surface area contributed by atoms with E-state index in [4.69, 9.17) is 0 Å². The zero-order chi connectivity index (χ0) is 19.1. The molecule has 0 spiro atoms. The van der Waals surface area contributed by atoms with E-state index in [9.17, 15) is 0 Å². The van der Waals surface area contributed by atoms with Crippen LogP contribution in [0.15, 0.2) is 89.4 Å². The number of fused-ring (bicyclic) bond motifs is 7. The molecular formula is C26H17BrN2. The Morgan fingerprint density at radius 3 is 2.34 bits per heavy atom. The molecule has 4 heterocycles. The third-order valence-corrected chi connectivity index (χ3v) is 7.00. The number of halogens is 1. The van der Waals surface area contributed by atoms with Gasteiger partial charge in [-0.1, -0.05) is 76.6 Å². The van der Waals surface area contributed by atoms with Crippen LogP contribution in [0.2, 0.25) is 0 Å². The van der Waals surface area contributed by atoms with Gasteiger partial charge in [-0.3, -0.25) is 0 Å². The second kappa shape index (κ2) is 5.52. The Morgan fingerprint density at radius 1 is 0.759 bits per heavy atom. The second-order valence-corrected chi connectivity index (χ2v) is 8.84. The number of anilines is 2. The molecule has 3 heteroatoms. The van der Waals surface area contributed by atoms with Crippen LogP contribution in [0, 0.1) is 0 Å². The molecule has 1 aromatic heterocycles. The van der Waals surface area contributed by atoms with E-state index in [0.717, 1.165) is 0 Å². The van der Waals surface area contributed by atoms with Crippen molar-refractivity contribution in [2.45, 2.75) is 12.0 Å². The minimum absolute atomic E-state index is 0.289. The van der Waals surface area contributed by atoms with Crippen LogP contribution in [-0.2, 0) is 0 Å². The summed E-state index contributed by atoms with van der Waals surface area (Å²) < 4.78 is 3.73. The first-order chi connectivity index (χ1) is 14.3. The largest absolute Gasteiger partial charge is 0.331 e. The normalized spacial score (nSPS) is 20.9. The molecule has 3 aliphatic heterocycles. The summed E-state index contributed by atoms with van der Waals surface area (Å²) in [6.45, 7) is 0. The average molecular weight is 437 g/mol. The van der Waals surface area contributed by atoms with E-state index in [-0.39, 0.29) is 6.04 Å². The number of aromatic nitrogens is 1. The molecular weight excluding hydrogens is 420 g/mol. The lowest BCUT2D eigenvalue weighted by Gasteiger charge is -2.22. The molecule has 7 rings (SSSR count). The molecule has 2 atom stereocenters. The number of rotatable bonds is 1. The van der Waals surface area contributed by atoms with Crippen molar-refractivity contribution < 1.29 is 0 Å². The molecule has 29 heavy (non-hydrogen) atoms. The monoisotopic (exact) mass is 436 g/mol. The number of benzene rings is 3. The van der Waals surface area contributed by atoms with Crippen molar-refractivity contribution in [3.05, 3.63) is 106 Å². The maximum absolute atomic E-state index is 3.80. The molecule has 3 aromatic carbocycles. The molecule has 3 aliphatic rings. The van der Waals surface area contributed by atoms with Crippen LogP contribution in [0.5, 0.6) is 0 Å². The van der Waals surface area contributed by atoms with E-state index in [1.165, 1.54) is 48.6 Å². The van der Waals surface area contributed by atoms with Gasteiger partial charge in [0, 0.05) is 26.6 Å². The Kier molecular flexibility index (Phi) is 3.01. The molecule has 0 fully saturated rings. The first kappa shape index (κ1) is 15.8. The predicted octanol–water partition coefficient (Wildman–Crippen LogP) is 5.31. The highest BCUT2D eigenvalue weighted by molar-refractivity contribution is 9.12. The fourth-order valence-electron chi connectivity index (χ4n) is 5.50. The minimum atomic E-state index is 0.289. The highest BCUT2D eigenvalue weighted by Crippen LogP contribution is 2.55. The summed E-state index contributed by atoms with van der Waals surface area (Å²) in [5, 5.41) is 5.33. The molecule has 0 aliphatic carbocycles. The van der Waals surface area contributed by atoms with Crippen molar-refractivity contribution in [1.29, 1.82) is 0 Å². The standard InChI is InChI=1S/C26H17BrN2/c27-16-14-22-18-10-4-5-11-19(18)25-26-24(23(15-16)29(22)25)20-12-6-7-13-21(20)28(26)17-8-2-1-3-9-17/h1-15,23-24H. The van der Waals surface area contributed by atoms with Crippen molar-refractivity contribution in [2.75, 3.05) is 4.90 Å². The van der Waals surface area contributed by atoms with Crippen LogP contribution in [0.25, 0.3) is 22.5 Å². The van der Waals surface area contributed by atoms with Gasteiger partial charge in [0.2, 0.25) is 0 Å². The fourth-order valence-corrected chi connectivity index (χ4v) is 5.99. The van der Waals surface area contributed by atoms with Crippen LogP contribution in [-0.4, -0.2) is 4.57 Å². The summed E-state index contributed by atoms with van der Waals surface area (Å²) in [5.41, 5.74) is 5.34. The smallest absolute Gasteiger partial charge is 0.0706 e. The maximum Gasteiger partial charge on any atom is 0.0706 e. The molecule has 2 nitrogen and oxygen atoms in total. The van der Waals surface area contributed by atoms with Crippen molar-refractivity contribution in [1.82, 2.24) is 4.57 Å². The molecule has 0 saturated carbocycles. The maximum atomic E-state index is 3.80. The van der Waals surface area contributed by atoms with Gasteiger partial charge in [-0.2, -0.15) is 0 Å². The van der Waals surface area contributed by atoms with E-state index in [2.05, 4.69) is 116 Å².